The number of rotatable bonds is 2. The zero-order chi connectivity index (χ0) is 7.56. The first-order chi connectivity index (χ1) is 4.74. The molecule has 0 saturated heterocycles. The third-order valence-electron chi connectivity index (χ3n) is 1.14. The third-order valence-corrected chi connectivity index (χ3v) is 1.14. The van der Waals surface area contributed by atoms with E-state index < -0.39 is 5.91 Å². The zero-order valence-corrected chi connectivity index (χ0v) is 5.45. The third kappa shape index (κ3) is 1.15. The number of carbonyl (C=O) groups is 1. The van der Waals surface area contributed by atoms with Crippen LogP contribution in [0.3, 0.4) is 0 Å². The van der Waals surface area contributed by atoms with Gasteiger partial charge >= 0.3 is 0 Å². The molecule has 10 heavy (non-hydrogen) atoms. The molecule has 0 bridgehead atoms. The molecule has 1 heterocycles. The standard InChI is InChI=1S/C6H8N3O/c1-2-9-3-5(6(7)10)8-4-9/h3-4H,1-2H2,(H2,7,10). The average Bonchev–Trinajstić information content (AvgIpc) is 2.34. The highest BCUT2D eigenvalue weighted by Crippen LogP contribution is 1.93. The largest absolute Gasteiger partial charge is 0.364 e. The summed E-state index contributed by atoms with van der Waals surface area (Å²) in [6.45, 7) is 4.16. The number of carbonyl (C=O) groups excluding carboxylic acids is 1. The molecule has 0 fully saturated rings. The molecule has 0 aliphatic rings. The Morgan fingerprint density at radius 1 is 1.90 bits per heavy atom. The van der Waals surface area contributed by atoms with E-state index >= 15 is 0 Å². The van der Waals surface area contributed by atoms with Crippen molar-refractivity contribution in [1.82, 2.24) is 9.55 Å². The van der Waals surface area contributed by atoms with E-state index in [-0.39, 0.29) is 5.69 Å². The predicted octanol–water partition coefficient (Wildman–Crippen LogP) is -0.184. The van der Waals surface area contributed by atoms with Gasteiger partial charge in [-0.1, -0.05) is 0 Å². The van der Waals surface area contributed by atoms with Gasteiger partial charge in [-0.2, -0.15) is 0 Å². The lowest BCUT2D eigenvalue weighted by Crippen LogP contribution is -2.11. The van der Waals surface area contributed by atoms with Crippen molar-refractivity contribution in [1.29, 1.82) is 0 Å². The van der Waals surface area contributed by atoms with Gasteiger partial charge in [0.25, 0.3) is 5.91 Å². The molecule has 1 rings (SSSR count). The Labute approximate surface area is 58.7 Å². The molecule has 0 aromatic carbocycles. The first-order valence-corrected chi connectivity index (χ1v) is 2.85. The van der Waals surface area contributed by atoms with Gasteiger partial charge in [-0.3, -0.25) is 4.79 Å². The van der Waals surface area contributed by atoms with E-state index in [1.54, 1.807) is 10.8 Å². The molecule has 1 aromatic heterocycles. The molecular formula is C6H8N3O. The maximum Gasteiger partial charge on any atom is 0.268 e. The quantitative estimate of drug-likeness (QED) is 0.616. The van der Waals surface area contributed by atoms with Crippen molar-refractivity contribution in [3.05, 3.63) is 25.1 Å². The maximum absolute atomic E-state index is 10.5. The van der Waals surface area contributed by atoms with Gasteiger partial charge in [-0.15, -0.1) is 0 Å². The monoisotopic (exact) mass is 138 g/mol. The summed E-state index contributed by atoms with van der Waals surface area (Å²) in [5, 5.41) is 0. The molecule has 0 aliphatic heterocycles. The summed E-state index contributed by atoms with van der Waals surface area (Å²) in [7, 11) is 0. The fourth-order valence-electron chi connectivity index (χ4n) is 0.610. The van der Waals surface area contributed by atoms with Gasteiger partial charge in [0.1, 0.15) is 5.69 Å². The molecule has 0 spiro atoms. The molecule has 1 aromatic rings. The summed E-state index contributed by atoms with van der Waals surface area (Å²) >= 11 is 0. The van der Waals surface area contributed by atoms with Crippen LogP contribution in [-0.4, -0.2) is 15.5 Å². The first-order valence-electron chi connectivity index (χ1n) is 2.85. The molecule has 0 unspecified atom stereocenters. The number of nitrogens with two attached hydrogens (primary N) is 1. The van der Waals surface area contributed by atoms with Gasteiger partial charge in [0.15, 0.2) is 0 Å². The second-order valence-electron chi connectivity index (χ2n) is 1.86. The SMILES string of the molecule is [CH2]Cn1cnc(C(N)=O)c1. The zero-order valence-electron chi connectivity index (χ0n) is 5.45. The van der Waals surface area contributed by atoms with E-state index in [0.29, 0.717) is 6.54 Å². The number of amides is 1. The minimum atomic E-state index is -0.507. The summed E-state index contributed by atoms with van der Waals surface area (Å²) < 4.78 is 1.68. The molecule has 2 N–H and O–H groups in total. The number of imidazole rings is 1. The number of aromatic nitrogens is 2. The van der Waals surface area contributed by atoms with Gasteiger partial charge in [-0.05, 0) is 6.92 Å². The molecule has 0 saturated carbocycles. The van der Waals surface area contributed by atoms with Crippen LogP contribution in [0.1, 0.15) is 10.5 Å². The molecule has 4 heteroatoms. The molecule has 53 valence electrons. The average molecular weight is 138 g/mol. The first kappa shape index (κ1) is 6.80. The second-order valence-corrected chi connectivity index (χ2v) is 1.86. The Balaban J connectivity index is 2.88. The van der Waals surface area contributed by atoms with Crippen molar-refractivity contribution in [3.8, 4) is 0 Å². The van der Waals surface area contributed by atoms with Crippen LogP contribution in [0, 0.1) is 6.92 Å². The van der Waals surface area contributed by atoms with Crippen molar-refractivity contribution in [2.24, 2.45) is 5.73 Å². The van der Waals surface area contributed by atoms with Gasteiger partial charge in [0.05, 0.1) is 6.33 Å². The van der Waals surface area contributed by atoms with E-state index in [0.717, 1.165) is 0 Å². The molecular weight excluding hydrogens is 130 g/mol. The summed E-state index contributed by atoms with van der Waals surface area (Å²) in [5.74, 6) is -0.507. The number of hydrogen-bond acceptors (Lipinski definition) is 2. The molecule has 0 aliphatic carbocycles. The minimum absolute atomic E-state index is 0.281. The summed E-state index contributed by atoms with van der Waals surface area (Å²) in [5.41, 5.74) is 5.23. The summed E-state index contributed by atoms with van der Waals surface area (Å²) in [4.78, 5) is 14.2. The van der Waals surface area contributed by atoms with Crippen LogP contribution in [0.15, 0.2) is 12.5 Å². The Morgan fingerprint density at radius 2 is 2.60 bits per heavy atom. The Kier molecular flexibility index (Phi) is 1.71. The Bertz CT molecular complexity index is 241. The Morgan fingerprint density at radius 3 is 2.90 bits per heavy atom. The lowest BCUT2D eigenvalue weighted by atomic mass is 10.5. The van der Waals surface area contributed by atoms with E-state index in [4.69, 9.17) is 5.73 Å². The Hall–Kier alpha value is -1.32. The summed E-state index contributed by atoms with van der Waals surface area (Å²) in [6, 6.07) is 0. The normalized spacial score (nSPS) is 9.70. The smallest absolute Gasteiger partial charge is 0.268 e. The van der Waals surface area contributed by atoms with Crippen molar-refractivity contribution < 1.29 is 4.79 Å². The van der Waals surface area contributed by atoms with Gasteiger partial charge < -0.3 is 10.3 Å². The van der Waals surface area contributed by atoms with Crippen LogP contribution < -0.4 is 5.73 Å². The fourth-order valence-corrected chi connectivity index (χ4v) is 0.610. The highest BCUT2D eigenvalue weighted by molar-refractivity contribution is 5.90. The minimum Gasteiger partial charge on any atom is -0.364 e. The lowest BCUT2D eigenvalue weighted by molar-refractivity contribution is 0.0996. The summed E-state index contributed by atoms with van der Waals surface area (Å²) in [6.07, 6.45) is 3.09. The van der Waals surface area contributed by atoms with Crippen molar-refractivity contribution in [3.63, 3.8) is 0 Å². The van der Waals surface area contributed by atoms with E-state index in [9.17, 15) is 4.79 Å². The van der Waals surface area contributed by atoms with E-state index in [1.165, 1.54) is 6.33 Å². The number of nitrogens with zero attached hydrogens (tertiary/aromatic N) is 2. The van der Waals surface area contributed by atoms with Gasteiger partial charge in [-0.25, -0.2) is 4.98 Å². The lowest BCUT2D eigenvalue weighted by Gasteiger charge is -1.89. The van der Waals surface area contributed by atoms with Crippen molar-refractivity contribution in [2.75, 3.05) is 0 Å². The van der Waals surface area contributed by atoms with Crippen LogP contribution >= 0.6 is 0 Å². The van der Waals surface area contributed by atoms with Crippen LogP contribution in [0.2, 0.25) is 0 Å². The predicted molar refractivity (Wildman–Crippen MR) is 36.1 cm³/mol. The van der Waals surface area contributed by atoms with Gasteiger partial charge in [0.2, 0.25) is 0 Å². The van der Waals surface area contributed by atoms with Crippen molar-refractivity contribution in [2.45, 2.75) is 6.54 Å². The number of primary amides is 1. The van der Waals surface area contributed by atoms with E-state index in [2.05, 4.69) is 11.9 Å². The fraction of sp³-hybridized carbons (Fsp3) is 0.167. The highest BCUT2D eigenvalue weighted by Gasteiger charge is 2.01. The molecule has 0 atom stereocenters. The molecule has 1 amide bonds. The second kappa shape index (κ2) is 2.51. The van der Waals surface area contributed by atoms with Crippen LogP contribution in [0.5, 0.6) is 0 Å². The van der Waals surface area contributed by atoms with E-state index in [1.807, 2.05) is 0 Å². The maximum atomic E-state index is 10.5. The number of hydrogen-bond donors (Lipinski definition) is 1. The van der Waals surface area contributed by atoms with Crippen LogP contribution in [-0.2, 0) is 6.54 Å². The van der Waals surface area contributed by atoms with Crippen LogP contribution in [0.25, 0.3) is 0 Å². The molecule has 1 radical (unpaired) electrons. The van der Waals surface area contributed by atoms with Crippen molar-refractivity contribution >= 4 is 5.91 Å². The van der Waals surface area contributed by atoms with Crippen LogP contribution in [0.4, 0.5) is 0 Å². The molecule has 4 nitrogen and oxygen atoms in total. The highest BCUT2D eigenvalue weighted by atomic mass is 16.1. The van der Waals surface area contributed by atoms with Gasteiger partial charge in [0, 0.05) is 12.7 Å². The topological polar surface area (TPSA) is 60.9 Å².